The van der Waals surface area contributed by atoms with Crippen LogP contribution < -0.4 is 0 Å². The number of esters is 2. The van der Waals surface area contributed by atoms with Crippen LogP contribution in [0.15, 0.2) is 52.1 Å². The molecule has 1 saturated heterocycles. The molecule has 1 aliphatic heterocycles. The molecular weight excluding hydrogens is 402 g/mol. The van der Waals surface area contributed by atoms with E-state index in [-0.39, 0.29) is 38.2 Å². The maximum Gasteiger partial charge on any atom is 0.338 e. The minimum atomic E-state index is -3.48. The van der Waals surface area contributed by atoms with E-state index in [1.807, 2.05) is 0 Å². The summed E-state index contributed by atoms with van der Waals surface area (Å²) in [4.78, 5) is 24.0. The quantitative estimate of drug-likeness (QED) is 0.502. The number of hydrogen-bond acceptors (Lipinski definition) is 7. The summed E-state index contributed by atoms with van der Waals surface area (Å²) in [6.07, 6.45) is 0.820. The van der Waals surface area contributed by atoms with E-state index in [0.29, 0.717) is 22.6 Å². The van der Waals surface area contributed by atoms with Gasteiger partial charge < -0.3 is 9.47 Å². The van der Waals surface area contributed by atoms with Gasteiger partial charge in [-0.2, -0.15) is 4.31 Å². The van der Waals surface area contributed by atoms with E-state index in [1.165, 1.54) is 15.6 Å². The molecule has 0 atom stereocenters. The van der Waals surface area contributed by atoms with Gasteiger partial charge in [-0.15, -0.1) is 11.3 Å². The molecule has 0 unspecified atom stereocenters. The molecule has 0 N–H and O–H groups in total. The van der Waals surface area contributed by atoms with Gasteiger partial charge in [-0.05, 0) is 36.4 Å². The zero-order valence-electron chi connectivity index (χ0n) is 15.2. The first kappa shape index (κ1) is 20.5. The first-order valence-corrected chi connectivity index (χ1v) is 11.2. The second-order valence-electron chi connectivity index (χ2n) is 6.28. The van der Waals surface area contributed by atoms with E-state index in [1.54, 1.807) is 47.8 Å². The van der Waals surface area contributed by atoms with Crippen molar-refractivity contribution in [1.82, 2.24) is 4.31 Å². The number of carbonyl (C=O) groups is 2. The van der Waals surface area contributed by atoms with Gasteiger partial charge in [0.25, 0.3) is 10.0 Å². The number of nitrogens with zero attached hydrogens (tertiary/aromatic N) is 1. The zero-order chi connectivity index (χ0) is 20.0. The summed E-state index contributed by atoms with van der Waals surface area (Å²) < 4.78 is 36.9. The van der Waals surface area contributed by atoms with Crippen LogP contribution >= 0.6 is 11.3 Å². The smallest absolute Gasteiger partial charge is 0.338 e. The predicted molar refractivity (Wildman–Crippen MR) is 103 cm³/mol. The van der Waals surface area contributed by atoms with E-state index >= 15 is 0 Å². The molecule has 1 fully saturated rings. The lowest BCUT2D eigenvalue weighted by molar-refractivity contribution is -0.150. The third-order valence-electron chi connectivity index (χ3n) is 4.45. The molecule has 0 bridgehead atoms. The Morgan fingerprint density at radius 2 is 1.68 bits per heavy atom. The van der Waals surface area contributed by atoms with Crippen LogP contribution in [0.4, 0.5) is 0 Å². The second-order valence-corrected chi connectivity index (χ2v) is 9.39. The molecule has 0 amide bonds. The fourth-order valence-electron chi connectivity index (χ4n) is 2.92. The maximum atomic E-state index is 12.5. The molecule has 1 aliphatic rings. The van der Waals surface area contributed by atoms with E-state index < -0.39 is 16.0 Å². The van der Waals surface area contributed by atoms with Crippen molar-refractivity contribution in [2.75, 3.05) is 26.3 Å². The summed E-state index contributed by atoms with van der Waals surface area (Å²) in [5.74, 6) is -1.20. The van der Waals surface area contributed by atoms with E-state index in [9.17, 15) is 18.0 Å². The van der Waals surface area contributed by atoms with Gasteiger partial charge in [-0.25, -0.2) is 13.2 Å². The molecule has 1 aromatic carbocycles. The number of thiophene rings is 1. The van der Waals surface area contributed by atoms with Crippen LogP contribution in [-0.4, -0.2) is 51.0 Å². The highest BCUT2D eigenvalue weighted by molar-refractivity contribution is 7.91. The minimum absolute atomic E-state index is 0.0227. The van der Waals surface area contributed by atoms with Gasteiger partial charge >= 0.3 is 11.9 Å². The summed E-state index contributed by atoms with van der Waals surface area (Å²) in [5.41, 5.74) is 0.438. The van der Waals surface area contributed by atoms with E-state index in [2.05, 4.69) is 0 Å². The Labute approximate surface area is 167 Å². The average molecular weight is 424 g/mol. The number of carbonyl (C=O) groups excluding carboxylic acids is 2. The summed E-state index contributed by atoms with van der Waals surface area (Å²) >= 11 is 1.18. The molecule has 7 nitrogen and oxygen atoms in total. The average Bonchev–Trinajstić information content (AvgIpc) is 3.27. The SMILES string of the molecule is O=C(OCCOC(=O)C1CCN(S(=O)(=O)c2cccs2)CC1)c1ccccc1. The Kier molecular flexibility index (Phi) is 6.82. The lowest BCUT2D eigenvalue weighted by atomic mass is 9.98. The number of piperidine rings is 1. The summed E-state index contributed by atoms with van der Waals surface area (Å²) in [5, 5.41) is 1.72. The first-order valence-electron chi connectivity index (χ1n) is 8.91. The van der Waals surface area contributed by atoms with Crippen LogP contribution in [-0.2, 0) is 24.3 Å². The number of ether oxygens (including phenoxy) is 2. The molecule has 9 heteroatoms. The highest BCUT2D eigenvalue weighted by atomic mass is 32.2. The lowest BCUT2D eigenvalue weighted by Gasteiger charge is -2.29. The Bertz CT molecular complexity index is 888. The molecule has 150 valence electrons. The Balaban J connectivity index is 1.39. The van der Waals surface area contributed by atoms with Crippen molar-refractivity contribution in [2.45, 2.75) is 17.1 Å². The monoisotopic (exact) mass is 423 g/mol. The number of benzene rings is 1. The van der Waals surface area contributed by atoms with Crippen LogP contribution in [0.3, 0.4) is 0 Å². The highest BCUT2D eigenvalue weighted by Gasteiger charge is 2.33. The molecule has 28 heavy (non-hydrogen) atoms. The Morgan fingerprint density at radius 1 is 1.00 bits per heavy atom. The highest BCUT2D eigenvalue weighted by Crippen LogP contribution is 2.26. The minimum Gasteiger partial charge on any atom is -0.462 e. The zero-order valence-corrected chi connectivity index (χ0v) is 16.8. The molecule has 2 aromatic rings. The molecule has 3 rings (SSSR count). The third-order valence-corrected chi connectivity index (χ3v) is 7.72. The van der Waals surface area contributed by atoms with Crippen molar-refractivity contribution in [2.24, 2.45) is 5.92 Å². The lowest BCUT2D eigenvalue weighted by Crippen LogP contribution is -2.40. The molecule has 0 radical (unpaired) electrons. The van der Waals surface area contributed by atoms with Crippen molar-refractivity contribution in [1.29, 1.82) is 0 Å². The second kappa shape index (κ2) is 9.31. The van der Waals surface area contributed by atoms with Crippen LogP contribution in [0.25, 0.3) is 0 Å². The third kappa shape index (κ3) is 4.98. The largest absolute Gasteiger partial charge is 0.462 e. The summed E-state index contributed by atoms with van der Waals surface area (Å²) in [6, 6.07) is 11.8. The Hall–Kier alpha value is -2.23. The van der Waals surface area contributed by atoms with Crippen LogP contribution in [0.1, 0.15) is 23.2 Å². The maximum absolute atomic E-state index is 12.5. The van der Waals surface area contributed by atoms with Gasteiger partial charge in [0, 0.05) is 13.1 Å². The van der Waals surface area contributed by atoms with Crippen molar-refractivity contribution in [3.05, 3.63) is 53.4 Å². The van der Waals surface area contributed by atoms with E-state index in [0.717, 1.165) is 0 Å². The topological polar surface area (TPSA) is 90.0 Å². The summed E-state index contributed by atoms with van der Waals surface area (Å²) in [6.45, 7) is 0.516. The predicted octanol–water partition coefficient (Wildman–Crippen LogP) is 2.55. The fourth-order valence-corrected chi connectivity index (χ4v) is 5.54. The van der Waals surface area contributed by atoms with Crippen molar-refractivity contribution >= 4 is 33.3 Å². The van der Waals surface area contributed by atoms with Gasteiger partial charge in [-0.3, -0.25) is 4.79 Å². The van der Waals surface area contributed by atoms with Crippen LogP contribution in [0.2, 0.25) is 0 Å². The van der Waals surface area contributed by atoms with Crippen molar-refractivity contribution in [3.8, 4) is 0 Å². The Morgan fingerprint density at radius 3 is 2.32 bits per heavy atom. The first-order chi connectivity index (χ1) is 13.5. The molecule has 0 saturated carbocycles. The van der Waals surface area contributed by atoms with Crippen molar-refractivity contribution < 1.29 is 27.5 Å². The molecule has 1 aromatic heterocycles. The number of rotatable bonds is 7. The molecule has 0 aliphatic carbocycles. The van der Waals surface area contributed by atoms with Gasteiger partial charge in [-0.1, -0.05) is 24.3 Å². The standard InChI is InChI=1S/C19H21NO6S2/c21-18(15-5-2-1-3-6-15)25-12-13-26-19(22)16-8-10-20(11-9-16)28(23,24)17-7-4-14-27-17/h1-7,14,16H,8-13H2. The van der Waals surface area contributed by atoms with Gasteiger partial charge in [0.2, 0.25) is 0 Å². The molecule has 2 heterocycles. The summed E-state index contributed by atoms with van der Waals surface area (Å²) in [7, 11) is -3.48. The van der Waals surface area contributed by atoms with Crippen LogP contribution in [0.5, 0.6) is 0 Å². The van der Waals surface area contributed by atoms with Crippen molar-refractivity contribution in [3.63, 3.8) is 0 Å². The van der Waals surface area contributed by atoms with E-state index in [4.69, 9.17) is 9.47 Å². The molecule has 0 spiro atoms. The van der Waals surface area contributed by atoms with Gasteiger partial charge in [0.15, 0.2) is 0 Å². The number of hydrogen-bond donors (Lipinski definition) is 0. The van der Waals surface area contributed by atoms with Gasteiger partial charge in [0.1, 0.15) is 17.4 Å². The van der Waals surface area contributed by atoms with Gasteiger partial charge in [0.05, 0.1) is 11.5 Å². The van der Waals surface area contributed by atoms with Crippen LogP contribution in [0, 0.1) is 5.92 Å². The number of sulfonamides is 1. The fraction of sp³-hybridized carbons (Fsp3) is 0.368. The normalized spacial score (nSPS) is 15.9. The molecular formula is C19H21NO6S2.